The summed E-state index contributed by atoms with van der Waals surface area (Å²) in [5.74, 6) is 0. The molecule has 2 radical (unpaired) electrons. The lowest BCUT2D eigenvalue weighted by atomic mass is 10.2. The number of hydrogen-bond acceptors (Lipinski definition) is 2. The van der Waals surface area contributed by atoms with E-state index in [-0.39, 0.29) is 0 Å². The second kappa shape index (κ2) is 7.89. The van der Waals surface area contributed by atoms with Gasteiger partial charge in [-0.1, -0.05) is 12.5 Å². The van der Waals surface area contributed by atoms with E-state index in [2.05, 4.69) is 6.58 Å². The van der Waals surface area contributed by atoms with Crippen LogP contribution in [0.1, 0.15) is 25.7 Å². The average molecular weight is 215 g/mol. The van der Waals surface area contributed by atoms with Gasteiger partial charge in [-0.15, -0.1) is 6.58 Å². The number of amides is 1. The maximum Gasteiger partial charge on any atom is 0.329 e. The van der Waals surface area contributed by atoms with Gasteiger partial charge in [0, 0.05) is 6.54 Å². The van der Waals surface area contributed by atoms with Crippen LogP contribution in [0.2, 0.25) is 0 Å². The fraction of sp³-hybridized carbons (Fsp3) is 0.667. The van der Waals surface area contributed by atoms with Gasteiger partial charge < -0.3 is 0 Å². The average Bonchev–Trinajstić information content (AvgIpc) is 2.09. The van der Waals surface area contributed by atoms with Gasteiger partial charge in [0.25, 0.3) is 0 Å². The largest absolute Gasteiger partial charge is 0.329 e. The van der Waals surface area contributed by atoms with Gasteiger partial charge in [-0.25, -0.2) is 0 Å². The fourth-order valence-electron chi connectivity index (χ4n) is 1.10. The third kappa shape index (κ3) is 6.05. The Bertz CT molecular complexity index is 188. The van der Waals surface area contributed by atoms with Crippen LogP contribution in [-0.4, -0.2) is 36.9 Å². The molecule has 78 valence electrons. The molecule has 0 aliphatic carbocycles. The van der Waals surface area contributed by atoms with E-state index in [0.717, 1.165) is 25.7 Å². The van der Waals surface area contributed by atoms with Crippen LogP contribution in [0.4, 0.5) is 4.79 Å². The molecule has 0 bridgehead atoms. The molecular formula is C9H16BClN2O. The van der Waals surface area contributed by atoms with Crippen LogP contribution in [0, 0.1) is 0 Å². The third-order valence-corrected chi connectivity index (χ3v) is 2.06. The minimum atomic E-state index is -0.543. The van der Waals surface area contributed by atoms with Gasteiger partial charge in [0.15, 0.2) is 0 Å². The van der Waals surface area contributed by atoms with Gasteiger partial charge in [0.05, 0.1) is 0 Å². The molecule has 0 aliphatic rings. The highest BCUT2D eigenvalue weighted by Crippen LogP contribution is 2.05. The minimum Gasteiger partial charge on any atom is -0.275 e. The van der Waals surface area contributed by atoms with Crippen LogP contribution in [0.3, 0.4) is 0 Å². The topological polar surface area (TPSA) is 23.6 Å². The van der Waals surface area contributed by atoms with Crippen LogP contribution in [0.5, 0.6) is 0 Å². The molecule has 1 amide bonds. The molecule has 0 saturated carbocycles. The Labute approximate surface area is 92.1 Å². The molecule has 14 heavy (non-hydrogen) atoms. The second-order valence-electron chi connectivity index (χ2n) is 3.09. The predicted octanol–water partition coefficient (Wildman–Crippen LogP) is 2.32. The number of hydrogen-bond donors (Lipinski definition) is 0. The molecule has 0 heterocycles. The summed E-state index contributed by atoms with van der Waals surface area (Å²) < 4.78 is 0. The summed E-state index contributed by atoms with van der Waals surface area (Å²) in [6.07, 6.45) is 5.92. The number of rotatable bonds is 7. The molecular weight excluding hydrogens is 198 g/mol. The second-order valence-corrected chi connectivity index (χ2v) is 3.41. The fourth-order valence-corrected chi connectivity index (χ4v) is 1.30. The van der Waals surface area contributed by atoms with Crippen LogP contribution >= 0.6 is 11.6 Å². The molecule has 0 fully saturated rings. The molecule has 0 rings (SSSR count). The molecule has 0 aliphatic heterocycles. The van der Waals surface area contributed by atoms with E-state index in [4.69, 9.17) is 19.6 Å². The number of allylic oxidation sites excluding steroid dienone is 1. The Balaban J connectivity index is 3.62. The van der Waals surface area contributed by atoms with Crippen molar-refractivity contribution in [3.8, 4) is 0 Å². The van der Waals surface area contributed by atoms with Gasteiger partial charge in [-0.2, -0.15) is 0 Å². The molecule has 0 spiro atoms. The SMILES string of the molecule is [B]N(C)N(CCCCCC=C)C(=O)Cl. The van der Waals surface area contributed by atoms with E-state index in [1.807, 2.05) is 6.08 Å². The highest BCUT2D eigenvalue weighted by atomic mass is 35.5. The summed E-state index contributed by atoms with van der Waals surface area (Å²) in [5, 5.41) is 0.758. The maximum absolute atomic E-state index is 10.9. The summed E-state index contributed by atoms with van der Waals surface area (Å²) in [7, 11) is 7.00. The number of halogens is 1. The van der Waals surface area contributed by atoms with E-state index < -0.39 is 5.37 Å². The van der Waals surface area contributed by atoms with Crippen molar-refractivity contribution < 1.29 is 4.79 Å². The van der Waals surface area contributed by atoms with Gasteiger partial charge >= 0.3 is 5.37 Å². The Kier molecular flexibility index (Phi) is 7.62. The molecule has 0 N–H and O–H groups in total. The minimum absolute atomic E-state index is 0.543. The smallest absolute Gasteiger partial charge is 0.275 e. The lowest BCUT2D eigenvalue weighted by Gasteiger charge is -2.27. The summed E-state index contributed by atoms with van der Waals surface area (Å²) in [6.45, 7) is 4.20. The molecule has 0 atom stereocenters. The van der Waals surface area contributed by atoms with Crippen molar-refractivity contribution in [1.29, 1.82) is 0 Å². The lowest BCUT2D eigenvalue weighted by molar-refractivity contribution is 0.130. The van der Waals surface area contributed by atoms with Gasteiger partial charge in [0.1, 0.15) is 0 Å². The van der Waals surface area contributed by atoms with Crippen LogP contribution in [-0.2, 0) is 0 Å². The van der Waals surface area contributed by atoms with Crippen molar-refractivity contribution in [2.24, 2.45) is 0 Å². The normalized spacial score (nSPS) is 10.2. The molecule has 0 aromatic heterocycles. The van der Waals surface area contributed by atoms with Crippen molar-refractivity contribution in [2.75, 3.05) is 13.6 Å². The molecule has 0 aromatic carbocycles. The van der Waals surface area contributed by atoms with E-state index in [0.29, 0.717) is 6.54 Å². The van der Waals surface area contributed by atoms with Crippen LogP contribution in [0.15, 0.2) is 12.7 Å². The molecule has 5 heteroatoms. The zero-order chi connectivity index (χ0) is 11.0. The number of carbonyl (C=O) groups excluding carboxylic acids is 1. The summed E-state index contributed by atoms with van der Waals surface area (Å²) >= 11 is 5.33. The maximum atomic E-state index is 10.9. The van der Waals surface area contributed by atoms with Crippen molar-refractivity contribution >= 4 is 24.9 Å². The molecule has 3 nitrogen and oxygen atoms in total. The number of nitrogens with zero attached hydrogens (tertiary/aromatic N) is 2. The van der Waals surface area contributed by atoms with E-state index in [1.165, 1.54) is 9.93 Å². The van der Waals surface area contributed by atoms with Crippen molar-refractivity contribution in [3.63, 3.8) is 0 Å². The Morgan fingerprint density at radius 3 is 2.57 bits per heavy atom. The zero-order valence-electron chi connectivity index (χ0n) is 8.58. The quantitative estimate of drug-likeness (QED) is 0.162. The summed E-state index contributed by atoms with van der Waals surface area (Å²) in [4.78, 5) is 12.1. The standard InChI is InChI=1S/C9H16BClN2O/c1-3-4-5-6-7-8-13(9(11)14)12(2)10/h3H,1,4-8H2,2H3. The van der Waals surface area contributed by atoms with Crippen LogP contribution < -0.4 is 0 Å². The Morgan fingerprint density at radius 2 is 2.14 bits per heavy atom. The number of carbonyl (C=O) groups is 1. The Morgan fingerprint density at radius 1 is 1.50 bits per heavy atom. The third-order valence-electron chi connectivity index (χ3n) is 1.86. The highest BCUT2D eigenvalue weighted by Gasteiger charge is 2.11. The highest BCUT2D eigenvalue weighted by molar-refractivity contribution is 6.62. The van der Waals surface area contributed by atoms with Crippen molar-refractivity contribution in [1.82, 2.24) is 9.93 Å². The van der Waals surface area contributed by atoms with Gasteiger partial charge in [-0.05, 0) is 37.9 Å². The first-order chi connectivity index (χ1) is 6.59. The lowest BCUT2D eigenvalue weighted by Crippen LogP contribution is -2.40. The first-order valence-corrected chi connectivity index (χ1v) is 5.03. The van der Waals surface area contributed by atoms with E-state index in [1.54, 1.807) is 7.05 Å². The molecule has 0 unspecified atom stereocenters. The first-order valence-electron chi connectivity index (χ1n) is 4.65. The van der Waals surface area contributed by atoms with Crippen LogP contribution in [0.25, 0.3) is 0 Å². The van der Waals surface area contributed by atoms with Gasteiger partial charge in [-0.3, -0.25) is 14.7 Å². The molecule has 0 aromatic rings. The van der Waals surface area contributed by atoms with Gasteiger partial charge in [0.2, 0.25) is 7.98 Å². The van der Waals surface area contributed by atoms with E-state index in [9.17, 15) is 4.79 Å². The van der Waals surface area contributed by atoms with Crippen molar-refractivity contribution in [3.05, 3.63) is 12.7 Å². The van der Waals surface area contributed by atoms with E-state index >= 15 is 0 Å². The number of hydrazine groups is 1. The summed E-state index contributed by atoms with van der Waals surface area (Å²) in [6, 6.07) is 0. The summed E-state index contributed by atoms with van der Waals surface area (Å²) in [5.41, 5.74) is 0. The zero-order valence-corrected chi connectivity index (χ0v) is 9.33. The monoisotopic (exact) mass is 214 g/mol. The van der Waals surface area contributed by atoms with Crippen molar-refractivity contribution in [2.45, 2.75) is 25.7 Å². The number of unbranched alkanes of at least 4 members (excludes halogenated alkanes) is 3. The molecule has 0 saturated heterocycles. The Hall–Kier alpha value is -0.475. The first kappa shape index (κ1) is 13.5. The predicted molar refractivity (Wildman–Crippen MR) is 60.1 cm³/mol.